The van der Waals surface area contributed by atoms with E-state index in [4.69, 9.17) is 0 Å². The maximum Gasteiger partial charge on any atom is 0.252 e. The molecule has 0 aromatic carbocycles. The van der Waals surface area contributed by atoms with Gasteiger partial charge in [0.05, 0.1) is 6.04 Å². The molecule has 17 heavy (non-hydrogen) atoms. The van der Waals surface area contributed by atoms with E-state index in [0.29, 0.717) is 11.6 Å². The standard InChI is InChI=1S/C11H15N5O/c1-3-8(11-12-4-5-13-11)16-9-6-10(17)15-7(2)14-9/h4-6,8H,3H2,1-2H3,(H,12,13)(H2,14,15,16,17). The maximum absolute atomic E-state index is 11.3. The molecule has 6 heteroatoms. The van der Waals surface area contributed by atoms with Crippen molar-refractivity contribution in [3.8, 4) is 0 Å². The van der Waals surface area contributed by atoms with Gasteiger partial charge in [-0.15, -0.1) is 0 Å². The first-order valence-electron chi connectivity index (χ1n) is 5.53. The van der Waals surface area contributed by atoms with Crippen LogP contribution in [0.2, 0.25) is 0 Å². The molecule has 0 radical (unpaired) electrons. The second kappa shape index (κ2) is 4.82. The van der Waals surface area contributed by atoms with Crippen molar-refractivity contribution in [1.29, 1.82) is 0 Å². The molecule has 2 heterocycles. The van der Waals surface area contributed by atoms with E-state index in [2.05, 4.69) is 25.3 Å². The van der Waals surface area contributed by atoms with Gasteiger partial charge in [-0.3, -0.25) is 4.79 Å². The van der Waals surface area contributed by atoms with Crippen molar-refractivity contribution in [3.05, 3.63) is 40.5 Å². The minimum atomic E-state index is -0.158. The number of imidazole rings is 1. The summed E-state index contributed by atoms with van der Waals surface area (Å²) >= 11 is 0. The second-order valence-electron chi connectivity index (χ2n) is 3.80. The third-order valence-electron chi connectivity index (χ3n) is 2.44. The van der Waals surface area contributed by atoms with E-state index in [1.165, 1.54) is 6.07 Å². The lowest BCUT2D eigenvalue weighted by Crippen LogP contribution is -2.16. The molecule has 3 N–H and O–H groups in total. The number of H-pyrrole nitrogens is 2. The zero-order valence-electron chi connectivity index (χ0n) is 9.82. The Bertz CT molecular complexity index is 531. The Morgan fingerprint density at radius 1 is 1.53 bits per heavy atom. The number of aromatic amines is 2. The molecule has 0 aliphatic carbocycles. The highest BCUT2D eigenvalue weighted by molar-refractivity contribution is 5.35. The van der Waals surface area contributed by atoms with E-state index in [1.807, 2.05) is 6.92 Å². The van der Waals surface area contributed by atoms with Crippen molar-refractivity contribution >= 4 is 5.82 Å². The number of rotatable bonds is 4. The van der Waals surface area contributed by atoms with Crippen LogP contribution in [0.1, 0.15) is 31.0 Å². The van der Waals surface area contributed by atoms with E-state index >= 15 is 0 Å². The summed E-state index contributed by atoms with van der Waals surface area (Å²) < 4.78 is 0. The fourth-order valence-corrected chi connectivity index (χ4v) is 1.66. The predicted molar refractivity (Wildman–Crippen MR) is 64.8 cm³/mol. The van der Waals surface area contributed by atoms with E-state index < -0.39 is 0 Å². The maximum atomic E-state index is 11.3. The van der Waals surface area contributed by atoms with Gasteiger partial charge >= 0.3 is 0 Å². The minimum Gasteiger partial charge on any atom is -0.360 e. The molecule has 2 rings (SSSR count). The molecule has 90 valence electrons. The van der Waals surface area contributed by atoms with Gasteiger partial charge in [-0.05, 0) is 13.3 Å². The van der Waals surface area contributed by atoms with Crippen LogP contribution in [0, 0.1) is 6.92 Å². The molecule has 0 aliphatic rings. The van der Waals surface area contributed by atoms with Gasteiger partial charge in [0.25, 0.3) is 5.56 Å². The molecule has 0 aliphatic heterocycles. The normalized spacial score (nSPS) is 12.4. The van der Waals surface area contributed by atoms with Crippen molar-refractivity contribution in [2.45, 2.75) is 26.3 Å². The van der Waals surface area contributed by atoms with Crippen LogP contribution in [0.25, 0.3) is 0 Å². The van der Waals surface area contributed by atoms with Crippen molar-refractivity contribution in [2.75, 3.05) is 5.32 Å². The number of aryl methyl sites for hydroxylation is 1. The number of aromatic nitrogens is 4. The van der Waals surface area contributed by atoms with Gasteiger partial charge in [0.1, 0.15) is 17.5 Å². The predicted octanol–water partition coefficient (Wildman–Crippen LogP) is 1.36. The van der Waals surface area contributed by atoms with E-state index in [9.17, 15) is 4.79 Å². The first-order valence-corrected chi connectivity index (χ1v) is 5.53. The molecule has 0 fully saturated rings. The first kappa shape index (κ1) is 11.4. The summed E-state index contributed by atoms with van der Waals surface area (Å²) in [6.45, 7) is 3.79. The monoisotopic (exact) mass is 233 g/mol. The zero-order valence-corrected chi connectivity index (χ0v) is 9.82. The van der Waals surface area contributed by atoms with Crippen LogP contribution in [0.3, 0.4) is 0 Å². The van der Waals surface area contributed by atoms with Crippen molar-refractivity contribution in [3.63, 3.8) is 0 Å². The molecule has 2 aromatic rings. The molecule has 0 saturated heterocycles. The third kappa shape index (κ3) is 2.72. The number of anilines is 1. The van der Waals surface area contributed by atoms with Gasteiger partial charge in [-0.25, -0.2) is 9.97 Å². The first-order chi connectivity index (χ1) is 8.19. The third-order valence-corrected chi connectivity index (χ3v) is 2.44. The van der Waals surface area contributed by atoms with Crippen molar-refractivity contribution in [2.24, 2.45) is 0 Å². The average molecular weight is 233 g/mol. The highest BCUT2D eigenvalue weighted by Gasteiger charge is 2.12. The fourth-order valence-electron chi connectivity index (χ4n) is 1.66. The number of hydrogen-bond acceptors (Lipinski definition) is 4. The smallest absolute Gasteiger partial charge is 0.252 e. The summed E-state index contributed by atoms with van der Waals surface area (Å²) in [7, 11) is 0. The Hall–Kier alpha value is -2.11. The molecule has 6 nitrogen and oxygen atoms in total. The van der Waals surface area contributed by atoms with Crippen LogP contribution in [-0.2, 0) is 0 Å². The molecule has 2 aromatic heterocycles. The zero-order chi connectivity index (χ0) is 12.3. The van der Waals surface area contributed by atoms with Crippen molar-refractivity contribution in [1.82, 2.24) is 19.9 Å². The lowest BCUT2D eigenvalue weighted by atomic mass is 10.2. The summed E-state index contributed by atoms with van der Waals surface area (Å²) in [6, 6.07) is 1.47. The van der Waals surface area contributed by atoms with Gasteiger partial charge in [-0.1, -0.05) is 6.92 Å². The Balaban J connectivity index is 2.21. The van der Waals surface area contributed by atoms with Gasteiger partial charge in [0, 0.05) is 18.5 Å². The van der Waals surface area contributed by atoms with Crippen LogP contribution in [0.5, 0.6) is 0 Å². The van der Waals surface area contributed by atoms with Crippen molar-refractivity contribution < 1.29 is 0 Å². The molecule has 0 spiro atoms. The number of nitrogens with one attached hydrogen (secondary N) is 3. The molecule has 0 bridgehead atoms. The molecule has 0 amide bonds. The van der Waals surface area contributed by atoms with Crippen LogP contribution in [0.15, 0.2) is 23.3 Å². The van der Waals surface area contributed by atoms with Gasteiger partial charge in [0.2, 0.25) is 0 Å². The summed E-state index contributed by atoms with van der Waals surface area (Å²) in [4.78, 5) is 25.4. The van der Waals surface area contributed by atoms with Crippen LogP contribution >= 0.6 is 0 Å². The molecule has 1 unspecified atom stereocenters. The SMILES string of the molecule is CCC(Nc1cc(=O)[nH]c(C)n1)c1ncc[nH]1. The van der Waals surface area contributed by atoms with Crippen LogP contribution < -0.4 is 10.9 Å². The van der Waals surface area contributed by atoms with Gasteiger partial charge < -0.3 is 15.3 Å². The summed E-state index contributed by atoms with van der Waals surface area (Å²) in [5.74, 6) is 2.00. The second-order valence-corrected chi connectivity index (χ2v) is 3.80. The van der Waals surface area contributed by atoms with Crippen LogP contribution in [0.4, 0.5) is 5.82 Å². The largest absolute Gasteiger partial charge is 0.360 e. The Labute approximate surface area is 98.5 Å². The average Bonchev–Trinajstić information content (AvgIpc) is 2.77. The van der Waals surface area contributed by atoms with E-state index in [-0.39, 0.29) is 11.6 Å². The quantitative estimate of drug-likeness (QED) is 0.744. The Morgan fingerprint density at radius 3 is 2.94 bits per heavy atom. The molecular formula is C11H15N5O. The minimum absolute atomic E-state index is 0.0266. The van der Waals surface area contributed by atoms with Gasteiger partial charge in [-0.2, -0.15) is 0 Å². The summed E-state index contributed by atoms with van der Waals surface area (Å²) in [6.07, 6.45) is 4.33. The Kier molecular flexibility index (Phi) is 3.22. The highest BCUT2D eigenvalue weighted by Crippen LogP contribution is 2.16. The van der Waals surface area contributed by atoms with Gasteiger partial charge in [0.15, 0.2) is 0 Å². The molecule has 1 atom stereocenters. The summed E-state index contributed by atoms with van der Waals surface area (Å²) in [5, 5.41) is 3.19. The summed E-state index contributed by atoms with van der Waals surface area (Å²) in [5.41, 5.74) is -0.158. The number of hydrogen-bond donors (Lipinski definition) is 3. The van der Waals surface area contributed by atoms with E-state index in [0.717, 1.165) is 12.2 Å². The van der Waals surface area contributed by atoms with Crippen LogP contribution in [-0.4, -0.2) is 19.9 Å². The topological polar surface area (TPSA) is 86.5 Å². The number of nitrogens with zero attached hydrogens (tertiary/aromatic N) is 2. The lowest BCUT2D eigenvalue weighted by Gasteiger charge is -2.15. The molecule has 0 saturated carbocycles. The Morgan fingerprint density at radius 2 is 2.35 bits per heavy atom. The highest BCUT2D eigenvalue weighted by atomic mass is 16.1. The molecular weight excluding hydrogens is 218 g/mol. The van der Waals surface area contributed by atoms with E-state index in [1.54, 1.807) is 19.3 Å². The fraction of sp³-hybridized carbons (Fsp3) is 0.364. The lowest BCUT2D eigenvalue weighted by molar-refractivity contribution is 0.698.